The molecule has 0 saturated carbocycles. The third-order valence-corrected chi connectivity index (χ3v) is 4.24. The van der Waals surface area contributed by atoms with Crippen molar-refractivity contribution < 1.29 is 4.79 Å². The Kier molecular flexibility index (Phi) is 7.80. The molecule has 0 aliphatic carbocycles. The van der Waals surface area contributed by atoms with E-state index in [2.05, 4.69) is 20.6 Å². The number of hydrogen-bond donors (Lipinski definition) is 2. The number of aliphatic imine (C=N–C) groups is 1. The van der Waals surface area contributed by atoms with Crippen LogP contribution in [0.3, 0.4) is 0 Å². The molecule has 2 rings (SSSR count). The van der Waals surface area contributed by atoms with E-state index in [0.29, 0.717) is 12.1 Å². The van der Waals surface area contributed by atoms with Gasteiger partial charge in [0.25, 0.3) is 5.91 Å². The van der Waals surface area contributed by atoms with Gasteiger partial charge in [-0.1, -0.05) is 12.1 Å². The van der Waals surface area contributed by atoms with E-state index in [9.17, 15) is 4.79 Å². The number of guanidine groups is 1. The number of amides is 1. The fourth-order valence-corrected chi connectivity index (χ4v) is 2.66. The van der Waals surface area contributed by atoms with E-state index < -0.39 is 0 Å². The SMILES string of the molecule is CN=C(NCCc1cccc(C(=O)N(C)C)c1)NCc1ccnc(N(C)C)c1. The molecule has 0 aliphatic rings. The normalized spacial score (nSPS) is 11.1. The summed E-state index contributed by atoms with van der Waals surface area (Å²) in [5, 5.41) is 6.63. The third-order valence-electron chi connectivity index (χ3n) is 4.24. The molecule has 0 fully saturated rings. The lowest BCUT2D eigenvalue weighted by molar-refractivity contribution is 0.0827. The molecule has 2 aromatic rings. The van der Waals surface area contributed by atoms with Crippen LogP contribution in [0.1, 0.15) is 21.5 Å². The number of nitrogens with one attached hydrogen (secondary N) is 2. The minimum absolute atomic E-state index is 0.0155. The molecule has 1 amide bonds. The van der Waals surface area contributed by atoms with Gasteiger partial charge in [0.05, 0.1) is 0 Å². The van der Waals surface area contributed by atoms with Crippen molar-refractivity contribution in [2.75, 3.05) is 46.7 Å². The first-order valence-corrected chi connectivity index (χ1v) is 9.28. The van der Waals surface area contributed by atoms with Gasteiger partial charge in [-0.2, -0.15) is 0 Å². The smallest absolute Gasteiger partial charge is 0.253 e. The molecule has 0 atom stereocenters. The predicted molar refractivity (Wildman–Crippen MR) is 115 cm³/mol. The lowest BCUT2D eigenvalue weighted by atomic mass is 10.1. The lowest BCUT2D eigenvalue weighted by Gasteiger charge is -2.15. The van der Waals surface area contributed by atoms with Crippen molar-refractivity contribution in [2.45, 2.75) is 13.0 Å². The fourth-order valence-electron chi connectivity index (χ4n) is 2.66. The predicted octanol–water partition coefficient (Wildman–Crippen LogP) is 1.76. The Hall–Kier alpha value is -3.09. The van der Waals surface area contributed by atoms with E-state index in [0.717, 1.165) is 35.9 Å². The highest BCUT2D eigenvalue weighted by atomic mass is 16.2. The first kappa shape index (κ1) is 21.2. The van der Waals surface area contributed by atoms with E-state index in [-0.39, 0.29) is 5.91 Å². The first-order valence-electron chi connectivity index (χ1n) is 9.28. The van der Waals surface area contributed by atoms with Gasteiger partial charge in [-0.05, 0) is 41.8 Å². The van der Waals surface area contributed by atoms with Gasteiger partial charge >= 0.3 is 0 Å². The quantitative estimate of drug-likeness (QED) is 0.564. The molecule has 0 bridgehead atoms. The summed E-state index contributed by atoms with van der Waals surface area (Å²) in [6.07, 6.45) is 2.61. The summed E-state index contributed by atoms with van der Waals surface area (Å²) >= 11 is 0. The average molecular weight is 383 g/mol. The molecule has 2 N–H and O–H groups in total. The standard InChI is InChI=1S/C21H30N6O/c1-22-21(25-15-17-10-11-23-19(14-17)26(2)3)24-12-9-16-7-6-8-18(13-16)20(28)27(4)5/h6-8,10-11,13-14H,9,12,15H2,1-5H3,(H2,22,24,25). The number of rotatable bonds is 7. The topological polar surface area (TPSA) is 72.9 Å². The van der Waals surface area contributed by atoms with E-state index in [1.165, 1.54) is 0 Å². The van der Waals surface area contributed by atoms with E-state index in [4.69, 9.17) is 0 Å². The molecule has 7 nitrogen and oxygen atoms in total. The Bertz CT molecular complexity index is 816. The minimum Gasteiger partial charge on any atom is -0.363 e. The Labute approximate surface area is 167 Å². The molecule has 1 heterocycles. The highest BCUT2D eigenvalue weighted by Crippen LogP contribution is 2.09. The highest BCUT2D eigenvalue weighted by molar-refractivity contribution is 5.94. The maximum Gasteiger partial charge on any atom is 0.253 e. The van der Waals surface area contributed by atoms with Gasteiger partial charge in [0.15, 0.2) is 5.96 Å². The fraction of sp³-hybridized carbons (Fsp3) is 0.381. The van der Waals surface area contributed by atoms with Crippen molar-refractivity contribution in [3.63, 3.8) is 0 Å². The van der Waals surface area contributed by atoms with Crippen LogP contribution < -0.4 is 15.5 Å². The van der Waals surface area contributed by atoms with Gasteiger partial charge in [0.1, 0.15) is 5.82 Å². The van der Waals surface area contributed by atoms with Gasteiger partial charge in [-0.15, -0.1) is 0 Å². The van der Waals surface area contributed by atoms with Crippen LogP contribution in [0.2, 0.25) is 0 Å². The second-order valence-corrected chi connectivity index (χ2v) is 6.92. The Morgan fingerprint density at radius 3 is 2.54 bits per heavy atom. The van der Waals surface area contributed by atoms with Crippen molar-refractivity contribution in [1.82, 2.24) is 20.5 Å². The van der Waals surface area contributed by atoms with Crippen molar-refractivity contribution >= 4 is 17.7 Å². The zero-order chi connectivity index (χ0) is 20.5. The highest BCUT2D eigenvalue weighted by Gasteiger charge is 2.08. The maximum absolute atomic E-state index is 12.1. The zero-order valence-corrected chi connectivity index (χ0v) is 17.4. The molecule has 0 unspecified atom stereocenters. The van der Waals surface area contributed by atoms with Gasteiger partial charge in [-0.25, -0.2) is 4.98 Å². The number of pyridine rings is 1. The van der Waals surface area contributed by atoms with Gasteiger partial charge in [0.2, 0.25) is 0 Å². The molecule has 1 aromatic carbocycles. The molecule has 150 valence electrons. The summed E-state index contributed by atoms with van der Waals surface area (Å²) in [6.45, 7) is 1.38. The maximum atomic E-state index is 12.1. The number of benzene rings is 1. The van der Waals surface area contributed by atoms with Crippen molar-refractivity contribution in [3.05, 3.63) is 59.3 Å². The van der Waals surface area contributed by atoms with Crippen LogP contribution in [0.4, 0.5) is 5.82 Å². The molecule has 7 heteroatoms. The van der Waals surface area contributed by atoms with E-state index in [1.807, 2.05) is 61.6 Å². The van der Waals surface area contributed by atoms with Crippen LogP contribution in [0, 0.1) is 0 Å². The minimum atomic E-state index is 0.0155. The number of nitrogens with zero attached hydrogens (tertiary/aromatic N) is 4. The molecule has 0 saturated heterocycles. The Balaban J connectivity index is 1.85. The summed E-state index contributed by atoms with van der Waals surface area (Å²) in [7, 11) is 9.22. The average Bonchev–Trinajstić information content (AvgIpc) is 2.70. The first-order chi connectivity index (χ1) is 13.4. The summed E-state index contributed by atoms with van der Waals surface area (Å²) in [6, 6.07) is 11.8. The molecular formula is C21H30N6O. The molecule has 28 heavy (non-hydrogen) atoms. The van der Waals surface area contributed by atoms with E-state index >= 15 is 0 Å². The second-order valence-electron chi connectivity index (χ2n) is 6.92. The van der Waals surface area contributed by atoms with E-state index in [1.54, 1.807) is 26.0 Å². The number of hydrogen-bond acceptors (Lipinski definition) is 4. The number of carbonyl (C=O) groups is 1. The monoisotopic (exact) mass is 382 g/mol. The zero-order valence-electron chi connectivity index (χ0n) is 17.4. The molecule has 1 aromatic heterocycles. The number of anilines is 1. The number of aromatic nitrogens is 1. The molecule has 0 spiro atoms. The van der Waals surface area contributed by atoms with Gasteiger partial charge in [-0.3, -0.25) is 9.79 Å². The molecular weight excluding hydrogens is 352 g/mol. The Morgan fingerprint density at radius 2 is 1.86 bits per heavy atom. The van der Waals surface area contributed by atoms with Crippen LogP contribution in [0.5, 0.6) is 0 Å². The van der Waals surface area contributed by atoms with Crippen LogP contribution >= 0.6 is 0 Å². The van der Waals surface area contributed by atoms with Crippen molar-refractivity contribution in [1.29, 1.82) is 0 Å². The second kappa shape index (κ2) is 10.3. The van der Waals surface area contributed by atoms with Crippen LogP contribution in [0.25, 0.3) is 0 Å². The summed E-state index contributed by atoms with van der Waals surface area (Å²) in [5.41, 5.74) is 2.95. The van der Waals surface area contributed by atoms with Crippen LogP contribution in [-0.4, -0.2) is 63.5 Å². The summed E-state index contributed by atoms with van der Waals surface area (Å²) in [4.78, 5) is 24.2. The molecule has 0 radical (unpaired) electrons. The van der Waals surface area contributed by atoms with Crippen molar-refractivity contribution in [3.8, 4) is 0 Å². The lowest BCUT2D eigenvalue weighted by Crippen LogP contribution is -2.37. The molecule has 0 aliphatic heterocycles. The summed E-state index contributed by atoms with van der Waals surface area (Å²) < 4.78 is 0. The summed E-state index contributed by atoms with van der Waals surface area (Å²) in [5.74, 6) is 1.68. The van der Waals surface area contributed by atoms with Crippen LogP contribution in [-0.2, 0) is 13.0 Å². The van der Waals surface area contributed by atoms with Gasteiger partial charge < -0.3 is 20.4 Å². The Morgan fingerprint density at radius 1 is 1.07 bits per heavy atom. The van der Waals surface area contributed by atoms with Crippen molar-refractivity contribution in [2.24, 2.45) is 4.99 Å². The third kappa shape index (κ3) is 6.26. The van der Waals surface area contributed by atoms with Gasteiger partial charge in [0, 0.05) is 60.1 Å². The number of carbonyl (C=O) groups excluding carboxylic acids is 1. The largest absolute Gasteiger partial charge is 0.363 e. The van der Waals surface area contributed by atoms with Crippen LogP contribution in [0.15, 0.2) is 47.6 Å².